The molecule has 0 fully saturated rings. The van der Waals surface area contributed by atoms with Crippen LogP contribution in [0.25, 0.3) is 11.0 Å². The van der Waals surface area contributed by atoms with Gasteiger partial charge < -0.3 is 4.57 Å². The van der Waals surface area contributed by atoms with Gasteiger partial charge in [0.05, 0.1) is 0 Å². The van der Waals surface area contributed by atoms with E-state index < -0.39 is 0 Å². The lowest BCUT2D eigenvalue weighted by Gasteiger charge is -1.91. The Morgan fingerprint density at radius 2 is 2.18 bits per heavy atom. The first-order valence-electron chi connectivity index (χ1n) is 3.24. The molecule has 0 radical (unpaired) electrons. The van der Waals surface area contributed by atoms with E-state index in [0.717, 1.165) is 5.65 Å². The minimum Gasteiger partial charge on any atom is -0.336 e. The predicted molar refractivity (Wildman–Crippen MR) is 47.4 cm³/mol. The molecule has 2 aromatic rings. The van der Waals surface area contributed by atoms with Gasteiger partial charge in [-0.2, -0.15) is 0 Å². The largest absolute Gasteiger partial charge is 0.336 e. The van der Waals surface area contributed by atoms with Gasteiger partial charge in [-0.05, 0) is 18.2 Å². The Labute approximate surface area is 66.5 Å². The van der Waals surface area contributed by atoms with Gasteiger partial charge in [0.15, 0.2) is 0 Å². The molecule has 2 rings (SSSR count). The highest BCUT2D eigenvalue weighted by atomic mass is 15.0. The van der Waals surface area contributed by atoms with Gasteiger partial charge in [0.25, 0.3) is 0 Å². The van der Waals surface area contributed by atoms with Crippen molar-refractivity contribution in [2.75, 3.05) is 0 Å². The Morgan fingerprint density at radius 1 is 1.36 bits per heavy atom. The summed E-state index contributed by atoms with van der Waals surface area (Å²) in [6, 6.07) is 6.06. The molecule has 0 saturated carbocycles. The van der Waals surface area contributed by atoms with Crippen LogP contribution in [0.5, 0.6) is 0 Å². The second-order valence-electron chi connectivity index (χ2n) is 2.34. The fourth-order valence-electron chi connectivity index (χ4n) is 1.10. The third-order valence-electron chi connectivity index (χ3n) is 1.63. The van der Waals surface area contributed by atoms with E-state index in [1.165, 1.54) is 5.39 Å². The van der Waals surface area contributed by atoms with Crippen LogP contribution < -0.4 is 0 Å². The first-order valence-corrected chi connectivity index (χ1v) is 3.24. The van der Waals surface area contributed by atoms with Gasteiger partial charge in [-0.3, -0.25) is 0 Å². The Kier molecular flexibility index (Phi) is 1.94. The molecule has 0 bridgehead atoms. The Hall–Kier alpha value is -1.31. The maximum absolute atomic E-state index is 4.20. The summed E-state index contributed by atoms with van der Waals surface area (Å²) in [5.41, 5.74) is 1.04. The third-order valence-corrected chi connectivity index (χ3v) is 1.63. The molecule has 0 aromatic carbocycles. The highest BCUT2D eigenvalue weighted by Gasteiger charge is 1.93. The van der Waals surface area contributed by atoms with E-state index in [1.54, 1.807) is 0 Å². The van der Waals surface area contributed by atoms with Crippen LogP contribution in [0.3, 0.4) is 0 Å². The van der Waals surface area contributed by atoms with Gasteiger partial charge in [-0.25, -0.2) is 4.98 Å². The summed E-state index contributed by atoms with van der Waals surface area (Å²) in [7, 11) is 2.00. The van der Waals surface area contributed by atoms with Crippen molar-refractivity contribution in [1.29, 1.82) is 0 Å². The molecule has 11 heavy (non-hydrogen) atoms. The number of fused-ring (bicyclic) bond motifs is 1. The maximum Gasteiger partial charge on any atom is 0.139 e. The molecule has 2 nitrogen and oxygen atoms in total. The van der Waals surface area contributed by atoms with Gasteiger partial charge in [0.2, 0.25) is 0 Å². The lowest BCUT2D eigenvalue weighted by atomic mass is 10.3. The molecule has 0 amide bonds. The van der Waals surface area contributed by atoms with Crippen LogP contribution in [-0.4, -0.2) is 9.55 Å². The second kappa shape index (κ2) is 2.74. The fourth-order valence-corrected chi connectivity index (χ4v) is 1.10. The zero-order valence-corrected chi connectivity index (χ0v) is 5.78. The molecule has 58 valence electrons. The number of aryl methyl sites for hydroxylation is 1. The van der Waals surface area contributed by atoms with Crippen molar-refractivity contribution in [3.63, 3.8) is 0 Å². The molecule has 0 aliphatic carbocycles. The molecule has 2 heterocycles. The lowest BCUT2D eigenvalue weighted by molar-refractivity contribution is 0.948. The summed E-state index contributed by atoms with van der Waals surface area (Å²) in [4.78, 5) is 4.20. The van der Waals surface area contributed by atoms with Gasteiger partial charge in [-0.15, -0.1) is 0 Å². The number of hydrogen-bond donors (Lipinski definition) is 0. The van der Waals surface area contributed by atoms with Crippen molar-refractivity contribution in [2.45, 2.75) is 7.43 Å². The van der Waals surface area contributed by atoms with Gasteiger partial charge >= 0.3 is 0 Å². The normalized spacial score (nSPS) is 9.55. The molecule has 0 atom stereocenters. The zero-order valence-electron chi connectivity index (χ0n) is 5.78. The van der Waals surface area contributed by atoms with E-state index in [1.807, 2.05) is 30.1 Å². The summed E-state index contributed by atoms with van der Waals surface area (Å²) in [6.45, 7) is 0. The molecule has 0 unspecified atom stereocenters. The number of aromatic nitrogens is 2. The molecule has 2 heteroatoms. The van der Waals surface area contributed by atoms with E-state index in [4.69, 9.17) is 0 Å². The third kappa shape index (κ3) is 1.11. The van der Waals surface area contributed by atoms with Crippen molar-refractivity contribution < 1.29 is 0 Å². The van der Waals surface area contributed by atoms with Crippen LogP contribution >= 0.6 is 0 Å². The van der Waals surface area contributed by atoms with Crippen LogP contribution in [0.4, 0.5) is 0 Å². The summed E-state index contributed by atoms with van der Waals surface area (Å²) in [5, 5.41) is 1.20. The first-order chi connectivity index (χ1) is 4.88. The predicted octanol–water partition coefficient (Wildman–Crippen LogP) is 2.21. The van der Waals surface area contributed by atoms with E-state index in [-0.39, 0.29) is 7.43 Å². The Bertz CT molecular complexity index is 349. The SMILES string of the molecule is C.Cn1ccc2cccnc21. The van der Waals surface area contributed by atoms with Crippen LogP contribution in [0.15, 0.2) is 30.6 Å². The average molecular weight is 148 g/mol. The summed E-state index contributed by atoms with van der Waals surface area (Å²) in [6.07, 6.45) is 3.82. The van der Waals surface area contributed by atoms with E-state index in [2.05, 4.69) is 17.1 Å². The quantitative estimate of drug-likeness (QED) is 0.560. The summed E-state index contributed by atoms with van der Waals surface area (Å²) in [5.74, 6) is 0. The van der Waals surface area contributed by atoms with Crippen molar-refractivity contribution >= 4 is 11.0 Å². The number of rotatable bonds is 0. The maximum atomic E-state index is 4.20. The van der Waals surface area contributed by atoms with Crippen molar-refractivity contribution in [3.8, 4) is 0 Å². The first kappa shape index (κ1) is 7.79. The van der Waals surface area contributed by atoms with Gasteiger partial charge in [-0.1, -0.05) is 7.43 Å². The highest BCUT2D eigenvalue weighted by Crippen LogP contribution is 2.09. The summed E-state index contributed by atoms with van der Waals surface area (Å²) >= 11 is 0. The van der Waals surface area contributed by atoms with E-state index in [9.17, 15) is 0 Å². The Morgan fingerprint density at radius 3 is 2.91 bits per heavy atom. The molecule has 0 N–H and O–H groups in total. The molecule has 0 aliphatic rings. The molecule has 2 aromatic heterocycles. The number of hydrogen-bond acceptors (Lipinski definition) is 1. The molecule has 0 spiro atoms. The van der Waals surface area contributed by atoms with Crippen LogP contribution in [0.1, 0.15) is 7.43 Å². The van der Waals surface area contributed by atoms with Crippen molar-refractivity contribution in [1.82, 2.24) is 9.55 Å². The molecule has 0 saturated heterocycles. The average Bonchev–Trinajstić information content (AvgIpc) is 2.34. The minimum atomic E-state index is 0. The zero-order chi connectivity index (χ0) is 6.97. The van der Waals surface area contributed by atoms with Crippen LogP contribution in [-0.2, 0) is 7.05 Å². The molecular formula is C9H12N2. The van der Waals surface area contributed by atoms with Crippen molar-refractivity contribution in [3.05, 3.63) is 30.6 Å². The summed E-state index contributed by atoms with van der Waals surface area (Å²) < 4.78 is 2.01. The number of pyridine rings is 1. The minimum absolute atomic E-state index is 0. The second-order valence-corrected chi connectivity index (χ2v) is 2.34. The topological polar surface area (TPSA) is 17.8 Å². The van der Waals surface area contributed by atoms with Crippen LogP contribution in [0, 0.1) is 0 Å². The van der Waals surface area contributed by atoms with Crippen LogP contribution in [0.2, 0.25) is 0 Å². The van der Waals surface area contributed by atoms with E-state index in [0.29, 0.717) is 0 Å². The smallest absolute Gasteiger partial charge is 0.139 e. The highest BCUT2D eigenvalue weighted by molar-refractivity contribution is 5.75. The van der Waals surface area contributed by atoms with E-state index >= 15 is 0 Å². The standard InChI is InChI=1S/C8H8N2.CH4/c1-10-6-4-7-3-2-5-9-8(7)10;/h2-6H,1H3;1H4. The lowest BCUT2D eigenvalue weighted by Crippen LogP contribution is -1.85. The van der Waals surface area contributed by atoms with Gasteiger partial charge in [0, 0.05) is 24.8 Å². The monoisotopic (exact) mass is 148 g/mol. The number of nitrogens with zero attached hydrogens (tertiary/aromatic N) is 2. The fraction of sp³-hybridized carbons (Fsp3) is 0.222. The molecule has 0 aliphatic heterocycles. The Balaban J connectivity index is 0.000000605. The van der Waals surface area contributed by atoms with Crippen molar-refractivity contribution in [2.24, 2.45) is 7.05 Å². The molecular weight excluding hydrogens is 136 g/mol. The van der Waals surface area contributed by atoms with Gasteiger partial charge in [0.1, 0.15) is 5.65 Å².